The topological polar surface area (TPSA) is 0 Å². The molecular weight excluding hydrogens is 180 g/mol. The van der Waals surface area contributed by atoms with E-state index < -0.39 is 14.0 Å². The summed E-state index contributed by atoms with van der Waals surface area (Å²) in [6.07, 6.45) is 7.94. The molecule has 70 valence electrons. The molecule has 12 heavy (non-hydrogen) atoms. The predicted molar refractivity (Wildman–Crippen MR) is 56.0 cm³/mol. The van der Waals surface area contributed by atoms with E-state index in [0.717, 1.165) is 0 Å². The van der Waals surface area contributed by atoms with Crippen LogP contribution in [0, 0.1) is 0 Å². The van der Waals surface area contributed by atoms with Crippen LogP contribution >= 0.6 is 0 Å². The Morgan fingerprint density at radius 2 is 1.75 bits per heavy atom. The van der Waals surface area contributed by atoms with E-state index in [-0.39, 0.29) is 0 Å². The summed E-state index contributed by atoms with van der Waals surface area (Å²) in [4.78, 5) is 0. The van der Waals surface area contributed by atoms with E-state index in [1.54, 1.807) is 5.57 Å². The van der Waals surface area contributed by atoms with Crippen LogP contribution in [-0.4, -0.2) is 0 Å². The Morgan fingerprint density at radius 3 is 2.08 bits per heavy atom. The normalized spacial score (nSPS) is 23.2. The minimum absolute atomic E-state index is 1.20. The molecule has 0 spiro atoms. The number of allylic oxidation sites excluding steroid dienone is 4. The van der Waals surface area contributed by atoms with Crippen molar-refractivity contribution in [1.29, 1.82) is 0 Å². The Morgan fingerprint density at radius 1 is 1.17 bits per heavy atom. The summed E-state index contributed by atoms with van der Waals surface area (Å²) < 4.78 is 1.35. The summed E-state index contributed by atoms with van der Waals surface area (Å²) in [5.74, 6) is 0. The molecule has 0 fully saturated rings. The van der Waals surface area contributed by atoms with Gasteiger partial charge in [-0.1, -0.05) is 0 Å². The van der Waals surface area contributed by atoms with Gasteiger partial charge < -0.3 is 0 Å². The summed E-state index contributed by atoms with van der Waals surface area (Å²) in [6, 6.07) is 0. The molecule has 0 heterocycles. The fourth-order valence-electron chi connectivity index (χ4n) is 1.76. The molecule has 0 aliphatic heterocycles. The maximum atomic E-state index is 2.51. The van der Waals surface area contributed by atoms with Crippen molar-refractivity contribution in [2.75, 3.05) is 0 Å². The average Bonchev–Trinajstić information content (AvgIpc) is 2.07. The first-order valence-electron chi connectivity index (χ1n) is 4.92. The number of hydrogen-bond acceptors (Lipinski definition) is 0. The van der Waals surface area contributed by atoms with E-state index in [1.165, 1.54) is 11.1 Å². The van der Waals surface area contributed by atoms with Crippen LogP contribution < -0.4 is 0 Å². The number of hydrogen-bond donors (Lipinski definition) is 0. The van der Waals surface area contributed by atoms with Gasteiger partial charge in [0.05, 0.1) is 0 Å². The van der Waals surface area contributed by atoms with Gasteiger partial charge >= 0.3 is 75.1 Å². The molecule has 0 saturated heterocycles. The first kappa shape index (κ1) is 10.3. The second-order valence-electron chi connectivity index (χ2n) is 8.40. The van der Waals surface area contributed by atoms with Gasteiger partial charge in [0.2, 0.25) is 0 Å². The molecular formula is C11H22Ti. The molecule has 0 atom stereocenters. The summed E-state index contributed by atoms with van der Waals surface area (Å²) >= 11 is -2.50. The Labute approximate surface area is 75.2 Å². The van der Waals surface area contributed by atoms with E-state index in [0.29, 0.717) is 0 Å². The van der Waals surface area contributed by atoms with Crippen molar-refractivity contribution in [1.82, 2.24) is 0 Å². The molecule has 0 nitrogen and oxygen atoms in total. The van der Waals surface area contributed by atoms with Crippen LogP contribution in [0.15, 0.2) is 23.8 Å². The molecule has 1 aliphatic carbocycles. The average molecular weight is 202 g/mol. The molecule has 1 rings (SSSR count). The van der Waals surface area contributed by atoms with E-state index in [2.05, 4.69) is 44.4 Å². The molecule has 0 saturated carbocycles. The molecule has 0 radical (unpaired) electrons. The summed E-state index contributed by atoms with van der Waals surface area (Å²) in [5.41, 5.74) is 1.64. The van der Waals surface area contributed by atoms with Crippen molar-refractivity contribution in [3.05, 3.63) is 23.8 Å². The standard InChI is InChI=1S/C6H7.5CH3.Ti/c1-6-4-2-3-5-6;;;;;;/h2-4H,1,5H2;5*1H3;. The Bertz CT molecular complexity index is 245. The molecule has 0 unspecified atom stereocenters. The van der Waals surface area contributed by atoms with Gasteiger partial charge in [-0.3, -0.25) is 0 Å². The van der Waals surface area contributed by atoms with Crippen molar-refractivity contribution < 1.29 is 14.0 Å². The summed E-state index contributed by atoms with van der Waals surface area (Å²) in [5, 5.41) is 12.6. The van der Waals surface area contributed by atoms with Crippen molar-refractivity contribution in [2.24, 2.45) is 0 Å². The van der Waals surface area contributed by atoms with Crippen LogP contribution in [0.2, 0.25) is 30.9 Å². The predicted octanol–water partition coefficient (Wildman–Crippen LogP) is 4.76. The maximum absolute atomic E-state index is 2.51. The summed E-state index contributed by atoms with van der Waals surface area (Å²) in [6.45, 7) is 0. The van der Waals surface area contributed by atoms with Gasteiger partial charge in [0.1, 0.15) is 0 Å². The minimum atomic E-state index is -2.50. The first-order valence-corrected chi connectivity index (χ1v) is 13.8. The summed E-state index contributed by atoms with van der Waals surface area (Å²) in [7, 11) is 0. The van der Waals surface area contributed by atoms with Crippen molar-refractivity contribution >= 4 is 0 Å². The van der Waals surface area contributed by atoms with Gasteiger partial charge in [0.15, 0.2) is 0 Å². The Hall–Kier alpha value is 0.194. The van der Waals surface area contributed by atoms with Crippen LogP contribution in [-0.2, 0) is 14.0 Å². The van der Waals surface area contributed by atoms with Gasteiger partial charge in [-0.05, 0) is 0 Å². The molecule has 0 N–H and O–H groups in total. The van der Waals surface area contributed by atoms with E-state index >= 15 is 0 Å². The van der Waals surface area contributed by atoms with Crippen molar-refractivity contribution in [3.63, 3.8) is 0 Å². The van der Waals surface area contributed by atoms with Crippen molar-refractivity contribution in [2.45, 2.75) is 37.3 Å². The van der Waals surface area contributed by atoms with E-state index in [4.69, 9.17) is 0 Å². The van der Waals surface area contributed by atoms with Crippen LogP contribution in [0.3, 0.4) is 0 Å². The second kappa shape index (κ2) is 2.16. The molecule has 1 aliphatic rings. The van der Waals surface area contributed by atoms with Gasteiger partial charge in [-0.15, -0.1) is 0 Å². The fourth-order valence-corrected chi connectivity index (χ4v) is 5.71. The van der Waals surface area contributed by atoms with Gasteiger partial charge in [-0.2, -0.15) is 0 Å². The Kier molecular flexibility index (Phi) is 1.85. The van der Waals surface area contributed by atoms with Gasteiger partial charge in [0.25, 0.3) is 0 Å². The zero-order chi connectivity index (χ0) is 9.52. The molecule has 0 aromatic heterocycles. The fraction of sp³-hybridized carbons (Fsp3) is 0.636. The van der Waals surface area contributed by atoms with Gasteiger partial charge in [0, 0.05) is 0 Å². The molecule has 0 amide bonds. The van der Waals surface area contributed by atoms with Crippen LogP contribution in [0.1, 0.15) is 6.42 Å². The zero-order valence-electron chi connectivity index (χ0n) is 9.15. The SMILES string of the molecule is [CH3][Ti]([CH3])([CH3])([CH3])([CH3])[CH2]C1=CC=CC1. The molecule has 1 heteroatoms. The number of rotatable bonds is 2. The van der Waals surface area contributed by atoms with Crippen LogP contribution in [0.5, 0.6) is 0 Å². The first-order chi connectivity index (χ1) is 5.05. The third-order valence-corrected chi connectivity index (χ3v) is 5.43. The van der Waals surface area contributed by atoms with E-state index in [1.807, 2.05) is 0 Å². The molecule has 0 bridgehead atoms. The monoisotopic (exact) mass is 202 g/mol. The third kappa shape index (κ3) is 4.28. The quantitative estimate of drug-likeness (QED) is 0.566. The third-order valence-electron chi connectivity index (χ3n) is 1.96. The second-order valence-corrected chi connectivity index (χ2v) is 30.1. The molecule has 0 aromatic rings. The van der Waals surface area contributed by atoms with Gasteiger partial charge in [-0.25, -0.2) is 0 Å². The van der Waals surface area contributed by atoms with E-state index in [9.17, 15) is 0 Å². The van der Waals surface area contributed by atoms with Crippen LogP contribution in [0.4, 0.5) is 0 Å². The zero-order valence-corrected chi connectivity index (χ0v) is 10.7. The molecule has 0 aromatic carbocycles. The Balaban J connectivity index is 2.76. The van der Waals surface area contributed by atoms with Crippen LogP contribution in [0.25, 0.3) is 0 Å². The van der Waals surface area contributed by atoms with Crippen molar-refractivity contribution in [3.8, 4) is 0 Å².